The first kappa shape index (κ1) is 16.0. The van der Waals surface area contributed by atoms with Crippen LogP contribution in [0.4, 0.5) is 10.9 Å². The molecule has 0 saturated carbocycles. The molecule has 1 fully saturated rings. The first-order valence-corrected chi connectivity index (χ1v) is 7.99. The molecule has 1 aliphatic heterocycles. The third-order valence-electron chi connectivity index (χ3n) is 3.51. The number of hydrogen-bond acceptors (Lipinski definition) is 6. The normalized spacial score (nSPS) is 19.3. The molecule has 2 rings (SSSR count). The number of nitrogens with two attached hydrogens (primary N) is 1. The lowest BCUT2D eigenvalue weighted by Gasteiger charge is -2.20. The molecule has 118 valence electrons. The number of nitrogen functional groups attached to an aromatic ring is 1. The molecule has 1 saturated heterocycles. The maximum atomic E-state index is 12.6. The zero-order valence-corrected chi connectivity index (χ0v) is 14.3. The van der Waals surface area contributed by atoms with Crippen molar-refractivity contribution in [2.75, 3.05) is 38.2 Å². The first-order valence-electron chi connectivity index (χ1n) is 7.17. The number of likely N-dealkylation sites (tertiary alicyclic amines) is 1. The van der Waals surface area contributed by atoms with Crippen LogP contribution in [-0.4, -0.2) is 59.5 Å². The van der Waals surface area contributed by atoms with E-state index in [4.69, 9.17) is 5.73 Å². The van der Waals surface area contributed by atoms with Crippen LogP contribution in [0.2, 0.25) is 0 Å². The molecule has 7 heteroatoms. The average Bonchev–Trinajstić information content (AvgIpc) is 2.93. The lowest BCUT2D eigenvalue weighted by molar-refractivity contribution is 0.0788. The van der Waals surface area contributed by atoms with E-state index in [0.29, 0.717) is 21.9 Å². The fraction of sp³-hybridized carbons (Fsp3) is 0.714. The van der Waals surface area contributed by atoms with Gasteiger partial charge < -0.3 is 20.9 Å². The van der Waals surface area contributed by atoms with E-state index in [-0.39, 0.29) is 11.4 Å². The van der Waals surface area contributed by atoms with Crippen LogP contribution in [0.1, 0.15) is 36.9 Å². The van der Waals surface area contributed by atoms with Crippen LogP contribution >= 0.6 is 11.3 Å². The number of rotatable bonds is 3. The summed E-state index contributed by atoms with van der Waals surface area (Å²) in [6.45, 7) is 7.68. The topological polar surface area (TPSA) is 74.5 Å². The van der Waals surface area contributed by atoms with Crippen molar-refractivity contribution >= 4 is 28.2 Å². The Hall–Kier alpha value is -1.34. The van der Waals surface area contributed by atoms with Crippen molar-refractivity contribution in [2.45, 2.75) is 38.8 Å². The van der Waals surface area contributed by atoms with E-state index < -0.39 is 0 Å². The summed E-state index contributed by atoms with van der Waals surface area (Å²) < 4.78 is 0. The van der Waals surface area contributed by atoms with Gasteiger partial charge in [-0.05, 0) is 41.3 Å². The fourth-order valence-electron chi connectivity index (χ4n) is 2.35. The van der Waals surface area contributed by atoms with E-state index in [0.717, 1.165) is 19.5 Å². The second kappa shape index (κ2) is 5.81. The molecule has 1 aliphatic rings. The van der Waals surface area contributed by atoms with E-state index in [2.05, 4.69) is 15.2 Å². The summed E-state index contributed by atoms with van der Waals surface area (Å²) in [4.78, 5) is 21.4. The number of anilines is 2. The quantitative estimate of drug-likeness (QED) is 0.889. The molecule has 3 N–H and O–H groups in total. The van der Waals surface area contributed by atoms with Crippen molar-refractivity contribution in [3.63, 3.8) is 0 Å². The summed E-state index contributed by atoms with van der Waals surface area (Å²) in [5.74, 6) is 0.321. The Kier molecular flexibility index (Phi) is 4.43. The summed E-state index contributed by atoms with van der Waals surface area (Å²) in [6, 6.07) is 0.426. The van der Waals surface area contributed by atoms with Crippen LogP contribution in [0.5, 0.6) is 0 Å². The van der Waals surface area contributed by atoms with Crippen LogP contribution in [0.25, 0.3) is 0 Å². The Morgan fingerprint density at radius 2 is 2.14 bits per heavy atom. The molecular weight excluding hydrogens is 286 g/mol. The first-order chi connectivity index (χ1) is 9.67. The van der Waals surface area contributed by atoms with E-state index in [1.807, 2.05) is 39.8 Å². The van der Waals surface area contributed by atoms with Crippen molar-refractivity contribution in [3.05, 3.63) is 4.88 Å². The van der Waals surface area contributed by atoms with Crippen LogP contribution in [0, 0.1) is 0 Å². The molecule has 1 aromatic rings. The molecule has 6 nitrogen and oxygen atoms in total. The lowest BCUT2D eigenvalue weighted by atomic mass is 10.1. The molecule has 21 heavy (non-hydrogen) atoms. The number of carbonyl (C=O) groups excluding carboxylic acids is 1. The number of thiazole rings is 1. The summed E-state index contributed by atoms with van der Waals surface area (Å²) in [5, 5.41) is 3.96. The van der Waals surface area contributed by atoms with Gasteiger partial charge in [-0.1, -0.05) is 11.3 Å². The number of nitrogens with one attached hydrogen (secondary N) is 1. The summed E-state index contributed by atoms with van der Waals surface area (Å²) in [7, 11) is 4.09. The SMILES string of the molecule is CN(C)C1CCN(C(=O)c2sc(NC(C)(C)C)nc2N)C1. The largest absolute Gasteiger partial charge is 0.382 e. The Balaban J connectivity index is 2.10. The summed E-state index contributed by atoms with van der Waals surface area (Å²) in [6.07, 6.45) is 1.00. The predicted molar refractivity (Wildman–Crippen MR) is 87.9 cm³/mol. The van der Waals surface area contributed by atoms with E-state index >= 15 is 0 Å². The van der Waals surface area contributed by atoms with Crippen molar-refractivity contribution in [2.24, 2.45) is 0 Å². The summed E-state index contributed by atoms with van der Waals surface area (Å²) >= 11 is 1.34. The number of carbonyl (C=O) groups is 1. The van der Waals surface area contributed by atoms with E-state index in [1.54, 1.807) is 0 Å². The van der Waals surface area contributed by atoms with Gasteiger partial charge in [-0.15, -0.1) is 0 Å². The Bertz CT molecular complexity index is 520. The van der Waals surface area contributed by atoms with Crippen molar-refractivity contribution < 1.29 is 4.79 Å². The Labute approximate surface area is 130 Å². The smallest absolute Gasteiger partial charge is 0.267 e. The third kappa shape index (κ3) is 3.85. The second-order valence-electron chi connectivity index (χ2n) is 6.77. The van der Waals surface area contributed by atoms with Gasteiger partial charge in [-0.2, -0.15) is 0 Å². The molecule has 1 amide bonds. The average molecular weight is 311 g/mol. The molecule has 0 radical (unpaired) electrons. The third-order valence-corrected chi connectivity index (χ3v) is 4.49. The minimum absolute atomic E-state index is 0.00342. The van der Waals surface area contributed by atoms with Crippen LogP contribution in [0.15, 0.2) is 0 Å². The van der Waals surface area contributed by atoms with E-state index in [1.165, 1.54) is 11.3 Å². The van der Waals surface area contributed by atoms with Gasteiger partial charge in [0.1, 0.15) is 10.7 Å². The fourth-order valence-corrected chi connectivity index (χ4v) is 3.41. The zero-order chi connectivity index (χ0) is 15.8. The van der Waals surface area contributed by atoms with Gasteiger partial charge in [-0.3, -0.25) is 4.79 Å². The van der Waals surface area contributed by atoms with Crippen molar-refractivity contribution in [1.82, 2.24) is 14.8 Å². The molecule has 2 heterocycles. The van der Waals surface area contributed by atoms with Gasteiger partial charge in [-0.25, -0.2) is 4.98 Å². The zero-order valence-electron chi connectivity index (χ0n) is 13.4. The number of likely N-dealkylation sites (N-methyl/N-ethyl adjacent to an activating group) is 1. The van der Waals surface area contributed by atoms with Crippen LogP contribution < -0.4 is 11.1 Å². The Morgan fingerprint density at radius 3 is 2.67 bits per heavy atom. The van der Waals surface area contributed by atoms with Crippen LogP contribution in [0.3, 0.4) is 0 Å². The highest BCUT2D eigenvalue weighted by Gasteiger charge is 2.30. The number of hydrogen-bond donors (Lipinski definition) is 2. The summed E-state index contributed by atoms with van der Waals surface area (Å²) in [5.41, 5.74) is 5.82. The highest BCUT2D eigenvalue weighted by Crippen LogP contribution is 2.29. The molecule has 0 aromatic carbocycles. The number of aromatic nitrogens is 1. The Morgan fingerprint density at radius 1 is 1.48 bits per heavy atom. The van der Waals surface area contributed by atoms with Gasteiger partial charge >= 0.3 is 0 Å². The van der Waals surface area contributed by atoms with Crippen molar-refractivity contribution in [1.29, 1.82) is 0 Å². The highest BCUT2D eigenvalue weighted by atomic mass is 32.1. The molecule has 1 aromatic heterocycles. The molecule has 1 unspecified atom stereocenters. The molecule has 1 atom stereocenters. The molecular formula is C14H25N5OS. The minimum Gasteiger partial charge on any atom is -0.382 e. The molecule has 0 aliphatic carbocycles. The van der Waals surface area contributed by atoms with Gasteiger partial charge in [0.05, 0.1) is 0 Å². The van der Waals surface area contributed by atoms with Crippen LogP contribution in [-0.2, 0) is 0 Å². The highest BCUT2D eigenvalue weighted by molar-refractivity contribution is 7.18. The van der Waals surface area contributed by atoms with Gasteiger partial charge in [0, 0.05) is 24.7 Å². The molecule has 0 bridgehead atoms. The maximum absolute atomic E-state index is 12.6. The lowest BCUT2D eigenvalue weighted by Crippen LogP contribution is -2.34. The minimum atomic E-state index is -0.103. The van der Waals surface area contributed by atoms with E-state index in [9.17, 15) is 4.79 Å². The monoisotopic (exact) mass is 311 g/mol. The number of amides is 1. The molecule has 0 spiro atoms. The van der Waals surface area contributed by atoms with Gasteiger partial charge in [0.2, 0.25) is 0 Å². The predicted octanol–water partition coefficient (Wildman–Crippen LogP) is 1.71. The standard InChI is InChI=1S/C14H25N5OS/c1-14(2,3)17-13-16-11(15)10(21-13)12(20)19-7-6-9(8-19)18(4)5/h9H,6-8,15H2,1-5H3,(H,16,17). The van der Waals surface area contributed by atoms with Crippen molar-refractivity contribution in [3.8, 4) is 0 Å². The van der Waals surface area contributed by atoms with Gasteiger partial charge in [0.25, 0.3) is 5.91 Å². The maximum Gasteiger partial charge on any atom is 0.267 e. The second-order valence-corrected chi connectivity index (χ2v) is 7.76. The number of nitrogens with zero attached hydrogens (tertiary/aromatic N) is 3. The van der Waals surface area contributed by atoms with Gasteiger partial charge in [0.15, 0.2) is 5.13 Å².